The van der Waals surface area contributed by atoms with Gasteiger partial charge >= 0.3 is 0 Å². The molecule has 2 rings (SSSR count). The number of rotatable bonds is 5. The molecule has 5 heteroatoms. The van der Waals surface area contributed by atoms with Crippen molar-refractivity contribution in [2.75, 3.05) is 27.2 Å². The van der Waals surface area contributed by atoms with Crippen molar-refractivity contribution in [1.29, 1.82) is 0 Å². The number of nitrogens with zero attached hydrogens (tertiary/aromatic N) is 3. The lowest BCUT2D eigenvalue weighted by atomic mass is 10.1. The highest BCUT2D eigenvalue weighted by Gasteiger charge is 2.15. The van der Waals surface area contributed by atoms with E-state index in [0.29, 0.717) is 18.1 Å². The van der Waals surface area contributed by atoms with Crippen LogP contribution in [0.5, 0.6) is 5.75 Å². The Hall–Kier alpha value is -1.88. The quantitative estimate of drug-likeness (QED) is 0.828. The first kappa shape index (κ1) is 13.5. The summed E-state index contributed by atoms with van der Waals surface area (Å²) in [6, 6.07) is 7.42. The third-order valence-corrected chi connectivity index (χ3v) is 2.83. The maximum atomic E-state index is 13.8. The summed E-state index contributed by atoms with van der Waals surface area (Å²) in [6.07, 6.45) is 1.21. The second-order valence-electron chi connectivity index (χ2n) is 4.61. The summed E-state index contributed by atoms with van der Waals surface area (Å²) in [4.78, 5) is 2.03. The average molecular weight is 263 g/mol. The Morgan fingerprint density at radius 1 is 1.32 bits per heavy atom. The first-order valence-electron chi connectivity index (χ1n) is 6.14. The lowest BCUT2D eigenvalue weighted by molar-refractivity contribution is 0.262. The van der Waals surface area contributed by atoms with Gasteiger partial charge in [-0.05, 0) is 26.2 Å². The van der Waals surface area contributed by atoms with E-state index in [1.54, 1.807) is 7.05 Å². The van der Waals surface area contributed by atoms with Gasteiger partial charge in [-0.2, -0.15) is 5.10 Å². The second kappa shape index (κ2) is 5.84. The van der Waals surface area contributed by atoms with Crippen molar-refractivity contribution in [3.63, 3.8) is 0 Å². The molecule has 102 valence electrons. The van der Waals surface area contributed by atoms with Gasteiger partial charge in [-0.15, -0.1) is 0 Å². The number of ether oxygens (including phenoxy) is 1. The van der Waals surface area contributed by atoms with Crippen LogP contribution in [-0.4, -0.2) is 41.9 Å². The summed E-state index contributed by atoms with van der Waals surface area (Å²) in [5.74, 6) is 0.331. The number of likely N-dealkylation sites (N-methyl/N-ethyl adjacent to an activating group) is 1. The molecule has 2 aromatic rings. The first-order chi connectivity index (χ1) is 9.09. The number of hydrogen-bond acceptors (Lipinski definition) is 3. The Kier molecular flexibility index (Phi) is 4.16. The molecule has 19 heavy (non-hydrogen) atoms. The summed E-state index contributed by atoms with van der Waals surface area (Å²) < 4.78 is 21.0. The standard InChI is InChI=1S/C14H18FN3O/c1-17(2)8-9-19-13-7-5-4-6-11(13)14-12(15)10-16-18(14)3/h4-7,10H,8-9H2,1-3H3. The van der Waals surface area contributed by atoms with Gasteiger partial charge in [-0.1, -0.05) is 12.1 Å². The molecule has 4 nitrogen and oxygen atoms in total. The van der Waals surface area contributed by atoms with Crippen LogP contribution in [0, 0.1) is 5.82 Å². The van der Waals surface area contributed by atoms with Crippen LogP contribution in [0.25, 0.3) is 11.3 Å². The zero-order valence-electron chi connectivity index (χ0n) is 11.4. The summed E-state index contributed by atoms with van der Waals surface area (Å²) in [7, 11) is 5.68. The van der Waals surface area contributed by atoms with Gasteiger partial charge in [-0.3, -0.25) is 4.68 Å². The molecule has 1 aromatic heterocycles. The minimum atomic E-state index is -0.342. The zero-order chi connectivity index (χ0) is 13.8. The molecule has 0 bridgehead atoms. The van der Waals surface area contributed by atoms with Gasteiger partial charge in [-0.25, -0.2) is 4.39 Å². The third kappa shape index (κ3) is 3.12. The number of hydrogen-bond donors (Lipinski definition) is 0. The number of aryl methyl sites for hydroxylation is 1. The van der Waals surface area contributed by atoms with Gasteiger partial charge in [0.1, 0.15) is 18.1 Å². The van der Waals surface area contributed by atoms with Gasteiger partial charge in [0.2, 0.25) is 0 Å². The topological polar surface area (TPSA) is 30.3 Å². The smallest absolute Gasteiger partial charge is 0.169 e. The van der Waals surface area contributed by atoms with Crippen molar-refractivity contribution in [1.82, 2.24) is 14.7 Å². The molecule has 0 spiro atoms. The third-order valence-electron chi connectivity index (χ3n) is 2.83. The summed E-state index contributed by atoms with van der Waals surface area (Å²) in [6.45, 7) is 1.37. The Balaban J connectivity index is 2.26. The lowest BCUT2D eigenvalue weighted by Crippen LogP contribution is -2.19. The molecule has 0 aliphatic heterocycles. The number of aromatic nitrogens is 2. The van der Waals surface area contributed by atoms with Crippen molar-refractivity contribution in [3.05, 3.63) is 36.3 Å². The SMILES string of the molecule is CN(C)CCOc1ccccc1-c1c(F)cnn1C. The highest BCUT2D eigenvalue weighted by atomic mass is 19.1. The van der Waals surface area contributed by atoms with Crippen molar-refractivity contribution >= 4 is 0 Å². The highest BCUT2D eigenvalue weighted by molar-refractivity contribution is 5.67. The fourth-order valence-corrected chi connectivity index (χ4v) is 1.84. The fraction of sp³-hybridized carbons (Fsp3) is 0.357. The van der Waals surface area contributed by atoms with Crippen LogP contribution in [0.3, 0.4) is 0 Å². The molecule has 1 heterocycles. The molecule has 0 saturated carbocycles. The van der Waals surface area contributed by atoms with Crippen molar-refractivity contribution in [3.8, 4) is 17.0 Å². The summed E-state index contributed by atoms with van der Waals surface area (Å²) in [5, 5.41) is 3.92. The van der Waals surface area contributed by atoms with E-state index in [1.165, 1.54) is 10.9 Å². The normalized spacial score (nSPS) is 11.0. The zero-order valence-corrected chi connectivity index (χ0v) is 11.4. The minimum absolute atomic E-state index is 0.342. The van der Waals surface area contributed by atoms with Gasteiger partial charge in [0.15, 0.2) is 5.82 Å². The molecule has 0 amide bonds. The van der Waals surface area contributed by atoms with E-state index in [1.807, 2.05) is 43.3 Å². The first-order valence-corrected chi connectivity index (χ1v) is 6.14. The van der Waals surface area contributed by atoms with Crippen LogP contribution in [0.1, 0.15) is 0 Å². The van der Waals surface area contributed by atoms with E-state index in [9.17, 15) is 4.39 Å². The molecular formula is C14H18FN3O. The lowest BCUT2D eigenvalue weighted by Gasteiger charge is -2.14. The van der Waals surface area contributed by atoms with Gasteiger partial charge < -0.3 is 9.64 Å². The van der Waals surface area contributed by atoms with Crippen molar-refractivity contribution < 1.29 is 9.13 Å². The molecule has 0 saturated heterocycles. The van der Waals surface area contributed by atoms with Crippen LogP contribution in [-0.2, 0) is 7.05 Å². The van der Waals surface area contributed by atoms with Gasteiger partial charge in [0, 0.05) is 19.2 Å². The van der Waals surface area contributed by atoms with Crippen LogP contribution >= 0.6 is 0 Å². The Bertz CT molecular complexity index is 532. The molecule has 0 unspecified atom stereocenters. The molecule has 0 radical (unpaired) electrons. The fourth-order valence-electron chi connectivity index (χ4n) is 1.84. The molecule has 0 fully saturated rings. The van der Waals surface area contributed by atoms with E-state index < -0.39 is 0 Å². The van der Waals surface area contributed by atoms with Crippen molar-refractivity contribution in [2.24, 2.45) is 7.05 Å². The molecular weight excluding hydrogens is 245 g/mol. The van der Waals surface area contributed by atoms with Crippen molar-refractivity contribution in [2.45, 2.75) is 0 Å². The van der Waals surface area contributed by atoms with Gasteiger partial charge in [0.05, 0.1) is 6.20 Å². The van der Waals surface area contributed by atoms with E-state index >= 15 is 0 Å². The van der Waals surface area contributed by atoms with Crippen LogP contribution in [0.4, 0.5) is 4.39 Å². The Morgan fingerprint density at radius 2 is 2.05 bits per heavy atom. The molecule has 0 aliphatic rings. The molecule has 0 atom stereocenters. The summed E-state index contributed by atoms with van der Waals surface area (Å²) >= 11 is 0. The monoisotopic (exact) mass is 263 g/mol. The van der Waals surface area contributed by atoms with Crippen LogP contribution in [0.15, 0.2) is 30.5 Å². The number of benzene rings is 1. The van der Waals surface area contributed by atoms with E-state index in [4.69, 9.17) is 4.74 Å². The van der Waals surface area contributed by atoms with Gasteiger partial charge in [0.25, 0.3) is 0 Å². The van der Waals surface area contributed by atoms with Crippen LogP contribution in [0.2, 0.25) is 0 Å². The van der Waals surface area contributed by atoms with E-state index in [0.717, 1.165) is 12.1 Å². The van der Waals surface area contributed by atoms with E-state index in [-0.39, 0.29) is 5.82 Å². The predicted octanol–water partition coefficient (Wildman–Crippen LogP) is 2.17. The molecule has 0 N–H and O–H groups in total. The minimum Gasteiger partial charge on any atom is -0.492 e. The summed E-state index contributed by atoms with van der Waals surface area (Å²) in [5.41, 5.74) is 1.17. The number of para-hydroxylation sites is 1. The Labute approximate surface area is 112 Å². The highest BCUT2D eigenvalue weighted by Crippen LogP contribution is 2.31. The average Bonchev–Trinajstić information content (AvgIpc) is 2.69. The molecule has 1 aromatic carbocycles. The molecule has 0 aliphatic carbocycles. The largest absolute Gasteiger partial charge is 0.492 e. The second-order valence-corrected chi connectivity index (χ2v) is 4.61. The van der Waals surface area contributed by atoms with E-state index in [2.05, 4.69) is 5.10 Å². The Morgan fingerprint density at radius 3 is 2.68 bits per heavy atom. The maximum absolute atomic E-state index is 13.8. The van der Waals surface area contributed by atoms with Crippen LogP contribution < -0.4 is 4.74 Å². The predicted molar refractivity (Wildman–Crippen MR) is 72.7 cm³/mol. The number of halogens is 1. The maximum Gasteiger partial charge on any atom is 0.169 e.